The van der Waals surface area contributed by atoms with Crippen LogP contribution in [0.2, 0.25) is 0 Å². The van der Waals surface area contributed by atoms with Crippen molar-refractivity contribution in [3.63, 3.8) is 0 Å². The zero-order valence-corrected chi connectivity index (χ0v) is 14.8. The van der Waals surface area contributed by atoms with Crippen LogP contribution in [0.5, 0.6) is 11.8 Å². The second-order valence-corrected chi connectivity index (χ2v) is 5.55. The number of anilines is 1. The third-order valence-corrected chi connectivity index (χ3v) is 3.89. The molecule has 1 aromatic carbocycles. The number of aromatic nitrogens is 3. The van der Waals surface area contributed by atoms with E-state index in [0.29, 0.717) is 49.4 Å². The highest BCUT2D eigenvalue weighted by Gasteiger charge is 2.17. The minimum Gasteiger partial charge on any atom is -0.497 e. The number of carbonyl (C=O) groups is 1. The zero-order valence-electron chi connectivity index (χ0n) is 14.8. The number of rotatable bonds is 6. The van der Waals surface area contributed by atoms with Crippen LogP contribution in [0, 0.1) is 0 Å². The summed E-state index contributed by atoms with van der Waals surface area (Å²) in [7, 11) is 3.08. The second kappa shape index (κ2) is 8.43. The molecule has 2 aromatic rings. The zero-order chi connectivity index (χ0) is 18.4. The number of hydrogen-bond donors (Lipinski definition) is 1. The Morgan fingerprint density at radius 3 is 2.50 bits per heavy atom. The molecular weight excluding hydrogens is 338 g/mol. The fourth-order valence-electron chi connectivity index (χ4n) is 2.47. The molecule has 0 unspecified atom stereocenters. The van der Waals surface area contributed by atoms with Crippen LogP contribution in [0.4, 0.5) is 5.95 Å². The van der Waals surface area contributed by atoms with E-state index in [2.05, 4.69) is 20.3 Å². The molecule has 0 spiro atoms. The summed E-state index contributed by atoms with van der Waals surface area (Å²) in [6, 6.07) is 7.08. The van der Waals surface area contributed by atoms with Crippen molar-refractivity contribution in [1.29, 1.82) is 0 Å². The molecule has 1 N–H and O–H groups in total. The summed E-state index contributed by atoms with van der Waals surface area (Å²) >= 11 is 0. The number of amides is 1. The number of hydrogen-bond acceptors (Lipinski definition) is 8. The van der Waals surface area contributed by atoms with Gasteiger partial charge in [-0.05, 0) is 24.3 Å². The molecule has 9 heteroatoms. The Morgan fingerprint density at radius 1 is 1.12 bits per heavy atom. The third kappa shape index (κ3) is 4.37. The predicted molar refractivity (Wildman–Crippen MR) is 93.6 cm³/mol. The van der Waals surface area contributed by atoms with Gasteiger partial charge in [0.25, 0.3) is 5.91 Å². The molecule has 0 atom stereocenters. The van der Waals surface area contributed by atoms with Crippen molar-refractivity contribution >= 4 is 11.9 Å². The van der Waals surface area contributed by atoms with Crippen molar-refractivity contribution in [2.24, 2.45) is 0 Å². The molecule has 9 nitrogen and oxygen atoms in total. The summed E-state index contributed by atoms with van der Waals surface area (Å²) in [5.41, 5.74) is 0.528. The quantitative estimate of drug-likeness (QED) is 0.803. The van der Waals surface area contributed by atoms with Crippen LogP contribution in [0.15, 0.2) is 24.3 Å². The van der Waals surface area contributed by atoms with Gasteiger partial charge in [-0.2, -0.15) is 15.0 Å². The van der Waals surface area contributed by atoms with Crippen molar-refractivity contribution in [3.8, 4) is 11.8 Å². The number of benzene rings is 1. The van der Waals surface area contributed by atoms with Crippen molar-refractivity contribution < 1.29 is 19.0 Å². The molecule has 1 aromatic heterocycles. The fourth-order valence-corrected chi connectivity index (χ4v) is 2.47. The molecule has 3 rings (SSSR count). The average molecular weight is 359 g/mol. The molecule has 1 amide bonds. The van der Waals surface area contributed by atoms with E-state index in [4.69, 9.17) is 14.2 Å². The van der Waals surface area contributed by atoms with Crippen LogP contribution >= 0.6 is 0 Å². The smallest absolute Gasteiger partial charge is 0.321 e. The van der Waals surface area contributed by atoms with Crippen LogP contribution < -0.4 is 19.7 Å². The van der Waals surface area contributed by atoms with Crippen LogP contribution in [0.25, 0.3) is 0 Å². The lowest BCUT2D eigenvalue weighted by Gasteiger charge is -2.26. The number of morpholine rings is 1. The van der Waals surface area contributed by atoms with Crippen LogP contribution in [0.3, 0.4) is 0 Å². The van der Waals surface area contributed by atoms with E-state index < -0.39 is 0 Å². The largest absolute Gasteiger partial charge is 0.497 e. The molecule has 0 aliphatic carbocycles. The lowest BCUT2D eigenvalue weighted by molar-refractivity contribution is 0.0949. The van der Waals surface area contributed by atoms with Gasteiger partial charge in [-0.3, -0.25) is 4.79 Å². The van der Waals surface area contributed by atoms with Gasteiger partial charge in [0.05, 0.1) is 34.0 Å². The Labute approximate surface area is 151 Å². The van der Waals surface area contributed by atoms with Crippen LogP contribution in [-0.2, 0) is 11.3 Å². The van der Waals surface area contributed by atoms with E-state index in [1.54, 1.807) is 31.4 Å². The van der Waals surface area contributed by atoms with Gasteiger partial charge in [-0.25, -0.2) is 0 Å². The van der Waals surface area contributed by atoms with Gasteiger partial charge >= 0.3 is 6.01 Å². The molecule has 0 radical (unpaired) electrons. The van der Waals surface area contributed by atoms with Gasteiger partial charge in [0.1, 0.15) is 5.75 Å². The second-order valence-electron chi connectivity index (χ2n) is 5.55. The van der Waals surface area contributed by atoms with Crippen molar-refractivity contribution in [1.82, 2.24) is 20.3 Å². The van der Waals surface area contributed by atoms with E-state index in [9.17, 15) is 4.79 Å². The number of nitrogens with one attached hydrogen (secondary N) is 1. The minimum atomic E-state index is -0.222. The summed E-state index contributed by atoms with van der Waals surface area (Å²) in [6.45, 7) is 2.81. The maximum absolute atomic E-state index is 12.3. The maximum Gasteiger partial charge on any atom is 0.321 e. The van der Waals surface area contributed by atoms with Gasteiger partial charge in [0.15, 0.2) is 5.82 Å². The number of methoxy groups -OCH3 is 2. The molecule has 26 heavy (non-hydrogen) atoms. The SMILES string of the molecule is COc1ccc(C(=O)NCc2nc(OC)nc(N3CCOCC3)n2)cc1. The summed E-state index contributed by atoms with van der Waals surface area (Å²) in [5, 5.41) is 2.80. The van der Waals surface area contributed by atoms with E-state index in [1.807, 2.05) is 4.90 Å². The molecular formula is C17H21N5O4. The van der Waals surface area contributed by atoms with Gasteiger partial charge in [-0.15, -0.1) is 0 Å². The molecule has 2 heterocycles. The normalized spacial score (nSPS) is 14.0. The van der Waals surface area contributed by atoms with E-state index >= 15 is 0 Å². The lowest BCUT2D eigenvalue weighted by Crippen LogP contribution is -2.37. The first kappa shape index (κ1) is 17.9. The first-order chi connectivity index (χ1) is 12.7. The average Bonchev–Trinajstić information content (AvgIpc) is 2.72. The molecule has 1 saturated heterocycles. The highest BCUT2D eigenvalue weighted by molar-refractivity contribution is 5.94. The van der Waals surface area contributed by atoms with Crippen molar-refractivity contribution in [2.75, 3.05) is 45.4 Å². The number of ether oxygens (including phenoxy) is 3. The van der Waals surface area contributed by atoms with E-state index in [1.165, 1.54) is 7.11 Å². The van der Waals surface area contributed by atoms with Crippen molar-refractivity contribution in [3.05, 3.63) is 35.7 Å². The standard InChI is InChI=1S/C17H21N5O4/c1-24-13-5-3-12(4-6-13)15(23)18-11-14-19-16(21-17(20-14)25-2)22-7-9-26-10-8-22/h3-6H,7-11H2,1-2H3,(H,18,23). The molecule has 1 fully saturated rings. The maximum atomic E-state index is 12.3. The Morgan fingerprint density at radius 2 is 1.85 bits per heavy atom. The Hall–Kier alpha value is -2.94. The molecule has 1 aliphatic rings. The molecule has 0 bridgehead atoms. The fraction of sp³-hybridized carbons (Fsp3) is 0.412. The van der Waals surface area contributed by atoms with E-state index in [0.717, 1.165) is 0 Å². The first-order valence-corrected chi connectivity index (χ1v) is 8.23. The Balaban J connectivity index is 1.68. The summed E-state index contributed by atoms with van der Waals surface area (Å²) in [4.78, 5) is 27.2. The van der Waals surface area contributed by atoms with Crippen molar-refractivity contribution in [2.45, 2.75) is 6.54 Å². The molecule has 138 valence electrons. The summed E-state index contributed by atoms with van der Waals surface area (Å²) < 4.78 is 15.6. The van der Waals surface area contributed by atoms with Gasteiger partial charge in [0.2, 0.25) is 5.95 Å². The number of carbonyl (C=O) groups excluding carboxylic acids is 1. The third-order valence-electron chi connectivity index (χ3n) is 3.89. The first-order valence-electron chi connectivity index (χ1n) is 8.23. The Bertz CT molecular complexity index is 747. The topological polar surface area (TPSA) is 98.7 Å². The predicted octanol–water partition coefficient (Wildman–Crippen LogP) is 0.655. The monoisotopic (exact) mass is 359 g/mol. The van der Waals surface area contributed by atoms with Gasteiger partial charge in [0, 0.05) is 18.7 Å². The lowest BCUT2D eigenvalue weighted by atomic mass is 10.2. The van der Waals surface area contributed by atoms with Gasteiger partial charge in [-0.1, -0.05) is 0 Å². The van der Waals surface area contributed by atoms with Crippen LogP contribution in [-0.4, -0.2) is 61.4 Å². The molecule has 0 saturated carbocycles. The molecule has 1 aliphatic heterocycles. The summed E-state index contributed by atoms with van der Waals surface area (Å²) in [6.07, 6.45) is 0. The van der Waals surface area contributed by atoms with Gasteiger partial charge < -0.3 is 24.4 Å². The summed E-state index contributed by atoms with van der Waals surface area (Å²) in [5.74, 6) is 1.42. The minimum absolute atomic E-state index is 0.168. The highest BCUT2D eigenvalue weighted by atomic mass is 16.5. The van der Waals surface area contributed by atoms with E-state index in [-0.39, 0.29) is 18.5 Å². The number of nitrogens with zero attached hydrogens (tertiary/aromatic N) is 4. The Kier molecular flexibility index (Phi) is 5.80. The van der Waals surface area contributed by atoms with Crippen LogP contribution in [0.1, 0.15) is 16.2 Å². The highest BCUT2D eigenvalue weighted by Crippen LogP contribution is 2.14.